The molecule has 1 aromatic carbocycles. The third-order valence-electron chi connectivity index (χ3n) is 3.73. The SMILES string of the molecule is CCOc1ccc(N([C@@H](C)C(=O)N/N=C\c2cc(Br)c(C)o2)S(C)(=O)=O)cc1. The first-order valence-electron chi connectivity index (χ1n) is 8.44. The second kappa shape index (κ2) is 9.24. The maximum absolute atomic E-state index is 12.4. The molecule has 0 aliphatic rings. The Morgan fingerprint density at radius 3 is 2.54 bits per heavy atom. The van der Waals surface area contributed by atoms with Gasteiger partial charge in [-0.25, -0.2) is 13.8 Å². The van der Waals surface area contributed by atoms with Crippen LogP contribution in [0.1, 0.15) is 25.4 Å². The number of nitrogens with one attached hydrogen (secondary N) is 1. The summed E-state index contributed by atoms with van der Waals surface area (Å²) in [5.41, 5.74) is 2.69. The number of rotatable bonds is 8. The maximum Gasteiger partial charge on any atom is 0.263 e. The van der Waals surface area contributed by atoms with Crippen LogP contribution in [0.2, 0.25) is 0 Å². The predicted octanol–water partition coefficient (Wildman–Crippen LogP) is 3.05. The van der Waals surface area contributed by atoms with E-state index < -0.39 is 22.0 Å². The molecule has 2 aromatic rings. The standard InChI is InChI=1S/C18H22BrN3O5S/c1-5-26-15-8-6-14(7-9-15)22(28(4,24)25)12(2)18(23)21-20-11-16-10-17(19)13(3)27-16/h6-12H,5H2,1-4H3,(H,21,23)/b20-11-/t12-/m0/s1. The predicted molar refractivity (Wildman–Crippen MR) is 111 cm³/mol. The molecule has 1 N–H and O–H groups in total. The number of hydrazone groups is 1. The van der Waals surface area contributed by atoms with Crippen molar-refractivity contribution in [1.82, 2.24) is 5.43 Å². The van der Waals surface area contributed by atoms with Crippen LogP contribution in [0.5, 0.6) is 5.75 Å². The Hall–Kier alpha value is -2.33. The fraction of sp³-hybridized carbons (Fsp3) is 0.333. The van der Waals surface area contributed by atoms with Crippen molar-refractivity contribution < 1.29 is 22.4 Å². The first-order chi connectivity index (χ1) is 13.1. The van der Waals surface area contributed by atoms with Gasteiger partial charge in [-0.2, -0.15) is 5.10 Å². The van der Waals surface area contributed by atoms with Crippen LogP contribution in [0, 0.1) is 6.92 Å². The largest absolute Gasteiger partial charge is 0.494 e. The molecule has 0 unspecified atom stereocenters. The van der Waals surface area contributed by atoms with Crippen LogP contribution in [0.4, 0.5) is 5.69 Å². The number of carbonyl (C=O) groups is 1. The smallest absolute Gasteiger partial charge is 0.263 e. The fourth-order valence-corrected chi connectivity index (χ4v) is 3.94. The molecule has 0 fully saturated rings. The summed E-state index contributed by atoms with van der Waals surface area (Å²) in [6.45, 7) is 5.61. The lowest BCUT2D eigenvalue weighted by Crippen LogP contribution is -2.46. The van der Waals surface area contributed by atoms with Crippen molar-refractivity contribution in [2.24, 2.45) is 5.10 Å². The van der Waals surface area contributed by atoms with Crippen LogP contribution in [0.25, 0.3) is 0 Å². The molecule has 0 aliphatic heterocycles. The van der Waals surface area contributed by atoms with Crippen LogP contribution in [-0.4, -0.2) is 39.4 Å². The van der Waals surface area contributed by atoms with E-state index in [1.165, 1.54) is 13.1 Å². The normalized spacial score (nSPS) is 12.8. The van der Waals surface area contributed by atoms with Crippen molar-refractivity contribution in [3.05, 3.63) is 46.3 Å². The zero-order valence-electron chi connectivity index (χ0n) is 16.0. The highest BCUT2D eigenvalue weighted by Gasteiger charge is 2.29. The van der Waals surface area contributed by atoms with E-state index in [-0.39, 0.29) is 0 Å². The Morgan fingerprint density at radius 2 is 2.04 bits per heavy atom. The van der Waals surface area contributed by atoms with Crippen molar-refractivity contribution >= 4 is 43.8 Å². The van der Waals surface area contributed by atoms with Gasteiger partial charge in [-0.3, -0.25) is 9.10 Å². The first kappa shape index (κ1) is 22.0. The monoisotopic (exact) mass is 471 g/mol. The minimum atomic E-state index is -3.71. The van der Waals surface area contributed by atoms with Gasteiger partial charge in [-0.05, 0) is 61.0 Å². The molecule has 8 nitrogen and oxygen atoms in total. The molecule has 1 aromatic heterocycles. The van der Waals surface area contributed by atoms with Crippen LogP contribution < -0.4 is 14.5 Å². The number of amides is 1. The van der Waals surface area contributed by atoms with Gasteiger partial charge >= 0.3 is 0 Å². The molecular formula is C18H22BrN3O5S. The molecule has 10 heteroatoms. The lowest BCUT2D eigenvalue weighted by molar-refractivity contribution is -0.121. The van der Waals surface area contributed by atoms with E-state index in [2.05, 4.69) is 26.5 Å². The molecule has 28 heavy (non-hydrogen) atoms. The Labute approximate surface area is 172 Å². The van der Waals surface area contributed by atoms with Gasteiger partial charge in [0.1, 0.15) is 23.3 Å². The highest BCUT2D eigenvalue weighted by atomic mass is 79.9. The summed E-state index contributed by atoms with van der Waals surface area (Å²) in [6.07, 6.45) is 2.38. The zero-order valence-corrected chi connectivity index (χ0v) is 18.4. The summed E-state index contributed by atoms with van der Waals surface area (Å²) in [4.78, 5) is 12.4. The lowest BCUT2D eigenvalue weighted by Gasteiger charge is -2.27. The topological polar surface area (TPSA) is 101 Å². The maximum atomic E-state index is 12.4. The van der Waals surface area contributed by atoms with Crippen LogP contribution in [0.3, 0.4) is 0 Å². The van der Waals surface area contributed by atoms with Gasteiger partial charge in [0.15, 0.2) is 0 Å². The number of benzene rings is 1. The van der Waals surface area contributed by atoms with Crippen molar-refractivity contribution in [3.63, 3.8) is 0 Å². The number of hydrogen-bond donors (Lipinski definition) is 1. The van der Waals surface area contributed by atoms with Gasteiger partial charge < -0.3 is 9.15 Å². The average molecular weight is 472 g/mol. The molecule has 0 bridgehead atoms. The summed E-state index contributed by atoms with van der Waals surface area (Å²) in [5.74, 6) is 1.16. The van der Waals surface area contributed by atoms with E-state index in [0.29, 0.717) is 29.6 Å². The Balaban J connectivity index is 2.15. The molecule has 0 spiro atoms. The zero-order chi connectivity index (χ0) is 20.9. The summed E-state index contributed by atoms with van der Waals surface area (Å²) in [7, 11) is -3.71. The summed E-state index contributed by atoms with van der Waals surface area (Å²) >= 11 is 3.32. The highest BCUT2D eigenvalue weighted by Crippen LogP contribution is 2.24. The summed E-state index contributed by atoms with van der Waals surface area (Å²) in [6, 6.07) is 7.16. The first-order valence-corrected chi connectivity index (χ1v) is 11.1. The van der Waals surface area contributed by atoms with Gasteiger partial charge in [0.25, 0.3) is 5.91 Å². The number of aryl methyl sites for hydroxylation is 1. The number of nitrogens with zero attached hydrogens (tertiary/aromatic N) is 2. The van der Waals surface area contributed by atoms with E-state index in [9.17, 15) is 13.2 Å². The van der Waals surface area contributed by atoms with Crippen LogP contribution in [-0.2, 0) is 14.8 Å². The van der Waals surface area contributed by atoms with E-state index in [1.54, 1.807) is 37.3 Å². The third-order valence-corrected chi connectivity index (χ3v) is 5.76. The number of anilines is 1. The number of halogens is 1. The number of furan rings is 1. The quantitative estimate of drug-likeness (QED) is 0.470. The van der Waals surface area contributed by atoms with E-state index in [0.717, 1.165) is 15.0 Å². The van der Waals surface area contributed by atoms with Crippen molar-refractivity contribution in [1.29, 1.82) is 0 Å². The Bertz CT molecular complexity index is 935. The molecule has 0 saturated heterocycles. The van der Waals surface area contributed by atoms with E-state index in [4.69, 9.17) is 9.15 Å². The lowest BCUT2D eigenvalue weighted by atomic mass is 10.2. The van der Waals surface area contributed by atoms with Gasteiger partial charge in [0, 0.05) is 6.07 Å². The van der Waals surface area contributed by atoms with Gasteiger partial charge in [-0.1, -0.05) is 0 Å². The second-order valence-corrected chi connectivity index (χ2v) is 8.66. The molecule has 2 rings (SSSR count). The number of sulfonamides is 1. The molecule has 1 heterocycles. The van der Waals surface area contributed by atoms with Crippen LogP contribution in [0.15, 0.2) is 44.3 Å². The molecule has 0 radical (unpaired) electrons. The number of hydrogen-bond acceptors (Lipinski definition) is 6. The molecule has 1 atom stereocenters. The summed E-state index contributed by atoms with van der Waals surface area (Å²) < 4.78 is 37.1. The highest BCUT2D eigenvalue weighted by molar-refractivity contribution is 9.10. The van der Waals surface area contributed by atoms with Gasteiger partial charge in [-0.15, -0.1) is 0 Å². The molecule has 0 aliphatic carbocycles. The van der Waals surface area contributed by atoms with Gasteiger partial charge in [0.2, 0.25) is 10.0 Å². The Kier molecular flexibility index (Phi) is 7.25. The second-order valence-electron chi connectivity index (χ2n) is 5.95. The van der Waals surface area contributed by atoms with E-state index in [1.807, 2.05) is 6.92 Å². The Morgan fingerprint density at radius 1 is 1.39 bits per heavy atom. The number of ether oxygens (including phenoxy) is 1. The molecular weight excluding hydrogens is 450 g/mol. The summed E-state index contributed by atoms with van der Waals surface area (Å²) in [5, 5.41) is 3.83. The van der Waals surface area contributed by atoms with E-state index >= 15 is 0 Å². The minimum Gasteiger partial charge on any atom is -0.494 e. The average Bonchev–Trinajstić information content (AvgIpc) is 2.93. The molecule has 0 saturated carbocycles. The molecule has 1 amide bonds. The van der Waals surface area contributed by atoms with Gasteiger partial charge in [0.05, 0.1) is 29.2 Å². The molecule has 152 valence electrons. The fourth-order valence-electron chi connectivity index (χ4n) is 2.46. The number of carbonyl (C=O) groups excluding carboxylic acids is 1. The van der Waals surface area contributed by atoms with Crippen molar-refractivity contribution in [2.75, 3.05) is 17.2 Å². The van der Waals surface area contributed by atoms with Crippen molar-refractivity contribution in [2.45, 2.75) is 26.8 Å². The van der Waals surface area contributed by atoms with Crippen molar-refractivity contribution in [3.8, 4) is 5.75 Å². The van der Waals surface area contributed by atoms with Crippen LogP contribution >= 0.6 is 15.9 Å². The third kappa shape index (κ3) is 5.59. The minimum absolute atomic E-state index is 0.350.